The van der Waals surface area contributed by atoms with Gasteiger partial charge in [0.05, 0.1) is 0 Å². The van der Waals surface area contributed by atoms with Crippen LogP contribution in [0.3, 0.4) is 0 Å². The van der Waals surface area contributed by atoms with E-state index in [0.717, 1.165) is 13.1 Å². The highest BCUT2D eigenvalue weighted by Crippen LogP contribution is 2.23. The van der Waals surface area contributed by atoms with Crippen LogP contribution in [-0.4, -0.2) is 34.6 Å². The van der Waals surface area contributed by atoms with Crippen molar-refractivity contribution >= 4 is 5.97 Å². The molecule has 0 radical (unpaired) electrons. The average Bonchev–Trinajstić information content (AvgIpc) is 2.70. The van der Waals surface area contributed by atoms with Crippen LogP contribution < -0.4 is 5.32 Å². The van der Waals surface area contributed by atoms with Crippen LogP contribution in [-0.2, 0) is 17.9 Å². The van der Waals surface area contributed by atoms with E-state index in [0.29, 0.717) is 13.1 Å². The number of likely N-dealkylation sites (N-methyl/N-ethyl adjacent to an activating group) is 1. The first-order valence-electron chi connectivity index (χ1n) is 6.33. The molecule has 0 saturated carbocycles. The summed E-state index contributed by atoms with van der Waals surface area (Å²) in [5, 5.41) is 12.4. The van der Waals surface area contributed by atoms with Crippen molar-refractivity contribution in [1.82, 2.24) is 10.2 Å². The molecule has 1 atom stereocenters. The van der Waals surface area contributed by atoms with Crippen LogP contribution in [0.15, 0.2) is 24.3 Å². The van der Waals surface area contributed by atoms with Gasteiger partial charge in [0, 0.05) is 19.6 Å². The molecule has 2 N–H and O–H groups in total. The minimum Gasteiger partial charge on any atom is -0.480 e. The van der Waals surface area contributed by atoms with Crippen LogP contribution in [0.4, 0.5) is 0 Å². The van der Waals surface area contributed by atoms with Crippen molar-refractivity contribution in [3.05, 3.63) is 35.4 Å². The summed E-state index contributed by atoms with van der Waals surface area (Å²) < 4.78 is 0. The van der Waals surface area contributed by atoms with E-state index < -0.39 is 11.5 Å². The van der Waals surface area contributed by atoms with Gasteiger partial charge in [-0.1, -0.05) is 31.2 Å². The smallest absolute Gasteiger partial charge is 0.324 e. The van der Waals surface area contributed by atoms with Gasteiger partial charge in [0.25, 0.3) is 0 Å². The van der Waals surface area contributed by atoms with E-state index in [4.69, 9.17) is 0 Å². The lowest BCUT2D eigenvalue weighted by molar-refractivity contribution is -0.145. The maximum Gasteiger partial charge on any atom is 0.324 e. The van der Waals surface area contributed by atoms with Gasteiger partial charge < -0.3 is 10.4 Å². The molecule has 4 heteroatoms. The number of fused-ring (bicyclic) bond motifs is 1. The zero-order valence-electron chi connectivity index (χ0n) is 10.9. The Bertz CT molecular complexity index is 422. The molecule has 1 unspecified atom stereocenters. The molecule has 0 aromatic heterocycles. The van der Waals surface area contributed by atoms with E-state index in [9.17, 15) is 9.90 Å². The number of carboxylic acid groups (broad SMARTS) is 1. The molecule has 1 aliphatic heterocycles. The summed E-state index contributed by atoms with van der Waals surface area (Å²) in [5.74, 6) is -0.791. The Morgan fingerprint density at radius 1 is 1.39 bits per heavy atom. The van der Waals surface area contributed by atoms with Crippen molar-refractivity contribution in [2.75, 3.05) is 13.1 Å². The first-order valence-corrected chi connectivity index (χ1v) is 6.33. The van der Waals surface area contributed by atoms with E-state index in [-0.39, 0.29) is 0 Å². The van der Waals surface area contributed by atoms with Crippen LogP contribution in [0.2, 0.25) is 0 Å². The van der Waals surface area contributed by atoms with Crippen molar-refractivity contribution in [2.24, 2.45) is 0 Å². The van der Waals surface area contributed by atoms with Gasteiger partial charge in [0.15, 0.2) is 0 Å². The first kappa shape index (κ1) is 13.1. The lowest BCUT2D eigenvalue weighted by atomic mass is 10.0. The zero-order valence-corrected chi connectivity index (χ0v) is 10.9. The Morgan fingerprint density at radius 3 is 2.39 bits per heavy atom. The van der Waals surface area contributed by atoms with Crippen LogP contribution in [0.5, 0.6) is 0 Å². The molecule has 0 spiro atoms. The van der Waals surface area contributed by atoms with Gasteiger partial charge in [-0.25, -0.2) is 0 Å². The quantitative estimate of drug-likeness (QED) is 0.828. The summed E-state index contributed by atoms with van der Waals surface area (Å²) >= 11 is 0. The second-order valence-electron chi connectivity index (χ2n) is 5.08. The highest BCUT2D eigenvalue weighted by molar-refractivity contribution is 5.78. The number of carboxylic acids is 1. The van der Waals surface area contributed by atoms with E-state index in [2.05, 4.69) is 22.3 Å². The fraction of sp³-hybridized carbons (Fsp3) is 0.500. The molecule has 1 aromatic carbocycles. The van der Waals surface area contributed by atoms with Crippen LogP contribution in [0.25, 0.3) is 0 Å². The molecule has 1 aromatic rings. The fourth-order valence-electron chi connectivity index (χ4n) is 2.55. The maximum absolute atomic E-state index is 11.4. The molecule has 0 bridgehead atoms. The third-order valence-electron chi connectivity index (χ3n) is 3.49. The fourth-order valence-corrected chi connectivity index (χ4v) is 2.55. The first-order chi connectivity index (χ1) is 8.55. The Kier molecular flexibility index (Phi) is 3.68. The topological polar surface area (TPSA) is 52.6 Å². The third kappa shape index (κ3) is 2.54. The largest absolute Gasteiger partial charge is 0.480 e. The Morgan fingerprint density at radius 2 is 1.94 bits per heavy atom. The molecule has 0 saturated heterocycles. The number of hydrogen-bond donors (Lipinski definition) is 2. The van der Waals surface area contributed by atoms with Crippen LogP contribution in [0.1, 0.15) is 25.0 Å². The Balaban J connectivity index is 2.06. The summed E-state index contributed by atoms with van der Waals surface area (Å²) in [5.41, 5.74) is 1.74. The molecule has 0 aliphatic carbocycles. The number of benzene rings is 1. The maximum atomic E-state index is 11.4. The summed E-state index contributed by atoms with van der Waals surface area (Å²) in [7, 11) is 0. The van der Waals surface area contributed by atoms with Crippen molar-refractivity contribution < 1.29 is 9.90 Å². The molecular weight excluding hydrogens is 228 g/mol. The van der Waals surface area contributed by atoms with Gasteiger partial charge in [-0.15, -0.1) is 0 Å². The number of rotatable bonds is 5. The number of carbonyl (C=O) groups is 1. The van der Waals surface area contributed by atoms with E-state index >= 15 is 0 Å². The van der Waals surface area contributed by atoms with E-state index in [1.807, 2.05) is 19.1 Å². The van der Waals surface area contributed by atoms with Gasteiger partial charge in [0.2, 0.25) is 0 Å². The minimum atomic E-state index is -0.878. The predicted molar refractivity (Wildman–Crippen MR) is 70.3 cm³/mol. The van der Waals surface area contributed by atoms with Gasteiger partial charge in [0.1, 0.15) is 5.54 Å². The molecule has 0 amide bonds. The standard InChI is InChI=1S/C14H20N2O2/c1-3-15-14(2,13(17)18)10-16-8-11-6-4-5-7-12(11)9-16/h4-7,15H,3,8-10H2,1-2H3,(H,17,18). The van der Waals surface area contributed by atoms with Crippen molar-refractivity contribution in [1.29, 1.82) is 0 Å². The number of nitrogens with zero attached hydrogens (tertiary/aromatic N) is 1. The number of aliphatic carboxylic acids is 1. The SMILES string of the molecule is CCNC(C)(CN1Cc2ccccc2C1)C(=O)O. The molecule has 1 aliphatic rings. The average molecular weight is 248 g/mol. The minimum absolute atomic E-state index is 0.519. The molecule has 4 nitrogen and oxygen atoms in total. The lowest BCUT2D eigenvalue weighted by Crippen LogP contribution is -2.56. The van der Waals surface area contributed by atoms with E-state index in [1.54, 1.807) is 6.92 Å². The molecule has 18 heavy (non-hydrogen) atoms. The highest BCUT2D eigenvalue weighted by atomic mass is 16.4. The Labute approximate surface area is 108 Å². The van der Waals surface area contributed by atoms with Gasteiger partial charge >= 0.3 is 5.97 Å². The second-order valence-corrected chi connectivity index (χ2v) is 5.08. The number of hydrogen-bond acceptors (Lipinski definition) is 3. The monoisotopic (exact) mass is 248 g/mol. The molecule has 0 fully saturated rings. The molecular formula is C14H20N2O2. The lowest BCUT2D eigenvalue weighted by Gasteiger charge is -2.30. The summed E-state index contributed by atoms with van der Waals surface area (Å²) in [6, 6.07) is 8.29. The van der Waals surface area contributed by atoms with Crippen molar-refractivity contribution in [3.8, 4) is 0 Å². The van der Waals surface area contributed by atoms with E-state index in [1.165, 1.54) is 11.1 Å². The molecule has 1 heterocycles. The highest BCUT2D eigenvalue weighted by Gasteiger charge is 2.35. The number of nitrogens with one attached hydrogen (secondary N) is 1. The van der Waals surface area contributed by atoms with Gasteiger partial charge in [-0.2, -0.15) is 0 Å². The third-order valence-corrected chi connectivity index (χ3v) is 3.49. The summed E-state index contributed by atoms with van der Waals surface area (Å²) in [6.07, 6.45) is 0. The summed E-state index contributed by atoms with van der Waals surface area (Å²) in [4.78, 5) is 13.6. The normalized spacial score (nSPS) is 18.3. The van der Waals surface area contributed by atoms with Crippen molar-refractivity contribution in [3.63, 3.8) is 0 Å². The van der Waals surface area contributed by atoms with Crippen LogP contribution in [0, 0.1) is 0 Å². The van der Waals surface area contributed by atoms with Crippen LogP contribution >= 0.6 is 0 Å². The summed E-state index contributed by atoms with van der Waals surface area (Å²) in [6.45, 7) is 6.53. The molecule has 98 valence electrons. The molecule has 2 rings (SSSR count). The zero-order chi connectivity index (χ0) is 13.2. The van der Waals surface area contributed by atoms with Gasteiger partial charge in [-0.3, -0.25) is 9.69 Å². The van der Waals surface area contributed by atoms with Crippen molar-refractivity contribution in [2.45, 2.75) is 32.5 Å². The predicted octanol–water partition coefficient (Wildman–Crippen LogP) is 1.46. The van der Waals surface area contributed by atoms with Gasteiger partial charge in [-0.05, 0) is 24.6 Å². The Hall–Kier alpha value is -1.39. The second kappa shape index (κ2) is 5.08.